The number of carbonyl (C=O) groups excluding carboxylic acids is 1. The van der Waals surface area contributed by atoms with Crippen molar-refractivity contribution in [3.05, 3.63) is 90.2 Å². The zero-order valence-electron chi connectivity index (χ0n) is 24.5. The van der Waals surface area contributed by atoms with E-state index in [9.17, 15) is 14.4 Å². The van der Waals surface area contributed by atoms with E-state index >= 15 is 0 Å². The van der Waals surface area contributed by atoms with Crippen LogP contribution in [0.3, 0.4) is 0 Å². The molecule has 43 heavy (non-hydrogen) atoms. The number of ether oxygens (including phenoxy) is 3. The molecule has 3 unspecified atom stereocenters. The second-order valence-electron chi connectivity index (χ2n) is 11.3. The number of nitrogens with one attached hydrogen (secondary N) is 1. The first-order chi connectivity index (χ1) is 21.0. The van der Waals surface area contributed by atoms with E-state index in [0.717, 1.165) is 49.2 Å². The molecular weight excluding hydrogens is 563 g/mol. The lowest BCUT2D eigenvalue weighted by atomic mass is 9.58. The molecular formula is C35H39FN2O4S. The summed E-state index contributed by atoms with van der Waals surface area (Å²) in [5.41, 5.74) is -0.269. The molecule has 0 heterocycles. The smallest absolute Gasteiger partial charge is 0.407 e. The molecule has 0 aromatic heterocycles. The summed E-state index contributed by atoms with van der Waals surface area (Å²) in [5, 5.41) is 13.3. The van der Waals surface area contributed by atoms with Crippen LogP contribution < -0.4 is 10.1 Å². The number of alkyl carbamates (subject to hydrolysis) is 1. The van der Waals surface area contributed by atoms with Crippen LogP contribution in [0.15, 0.2) is 88.7 Å². The van der Waals surface area contributed by atoms with Crippen molar-refractivity contribution in [3.63, 3.8) is 0 Å². The van der Waals surface area contributed by atoms with Crippen LogP contribution >= 0.6 is 11.8 Å². The second kappa shape index (κ2) is 14.8. The molecule has 3 atom stereocenters. The lowest BCUT2D eigenvalue weighted by molar-refractivity contribution is -0.0131. The van der Waals surface area contributed by atoms with Crippen LogP contribution in [0.2, 0.25) is 0 Å². The number of amides is 1. The lowest BCUT2D eigenvalue weighted by Crippen LogP contribution is -2.47. The molecule has 0 spiro atoms. The number of nitrogens with zero attached hydrogens (tertiary/aromatic N) is 1. The van der Waals surface area contributed by atoms with Crippen LogP contribution in [0.5, 0.6) is 5.75 Å². The third-order valence-corrected chi connectivity index (χ3v) is 9.83. The third-order valence-electron chi connectivity index (χ3n) is 8.81. The highest BCUT2D eigenvalue weighted by Crippen LogP contribution is 2.52. The number of hydrogen-bond acceptors (Lipinski definition) is 6. The van der Waals surface area contributed by atoms with Crippen LogP contribution in [-0.4, -0.2) is 38.6 Å². The van der Waals surface area contributed by atoms with Gasteiger partial charge in [0.1, 0.15) is 24.3 Å². The minimum absolute atomic E-state index is 0.00144. The Hall–Kier alpha value is -3.54. The zero-order chi connectivity index (χ0) is 30.1. The van der Waals surface area contributed by atoms with Crippen molar-refractivity contribution >= 4 is 17.9 Å². The highest BCUT2D eigenvalue weighted by atomic mass is 32.2. The number of nitriles is 1. The maximum absolute atomic E-state index is 14.5. The molecule has 5 rings (SSSR count). The van der Waals surface area contributed by atoms with Crippen molar-refractivity contribution in [2.24, 2.45) is 11.8 Å². The first kappa shape index (κ1) is 30.9. The van der Waals surface area contributed by atoms with Crippen molar-refractivity contribution < 1.29 is 23.4 Å². The molecule has 6 nitrogen and oxygen atoms in total. The van der Waals surface area contributed by atoms with Gasteiger partial charge in [0, 0.05) is 22.8 Å². The van der Waals surface area contributed by atoms with Crippen molar-refractivity contribution in [2.75, 3.05) is 20.3 Å². The van der Waals surface area contributed by atoms with E-state index in [1.165, 1.54) is 24.1 Å². The van der Waals surface area contributed by atoms with E-state index in [2.05, 4.69) is 35.7 Å². The van der Waals surface area contributed by atoms with E-state index in [0.29, 0.717) is 25.2 Å². The van der Waals surface area contributed by atoms with E-state index in [1.807, 2.05) is 36.4 Å². The number of rotatable bonds is 11. The molecule has 1 N–H and O–H groups in total. The van der Waals surface area contributed by atoms with Crippen molar-refractivity contribution in [2.45, 2.75) is 72.4 Å². The molecule has 2 fully saturated rings. The van der Waals surface area contributed by atoms with Gasteiger partial charge in [-0.2, -0.15) is 5.26 Å². The average molecular weight is 603 g/mol. The van der Waals surface area contributed by atoms with Gasteiger partial charge in [-0.15, -0.1) is 0 Å². The Morgan fingerprint density at radius 1 is 0.953 bits per heavy atom. The Kier molecular flexibility index (Phi) is 10.6. The Balaban J connectivity index is 1.16. The molecule has 3 aromatic carbocycles. The van der Waals surface area contributed by atoms with E-state index in [1.54, 1.807) is 17.8 Å². The molecule has 2 aliphatic rings. The van der Waals surface area contributed by atoms with E-state index in [-0.39, 0.29) is 29.9 Å². The van der Waals surface area contributed by atoms with Gasteiger partial charge in [-0.25, -0.2) is 9.18 Å². The molecule has 2 saturated carbocycles. The molecule has 2 aliphatic carbocycles. The predicted molar refractivity (Wildman–Crippen MR) is 165 cm³/mol. The van der Waals surface area contributed by atoms with Gasteiger partial charge in [-0.05, 0) is 105 Å². The number of hydrogen-bond donors (Lipinski definition) is 1. The Bertz CT molecular complexity index is 1370. The van der Waals surface area contributed by atoms with Gasteiger partial charge in [0.25, 0.3) is 0 Å². The fourth-order valence-electron chi connectivity index (χ4n) is 6.81. The fraction of sp³-hybridized carbons (Fsp3) is 0.429. The van der Waals surface area contributed by atoms with Gasteiger partial charge in [-0.1, -0.05) is 42.1 Å². The monoisotopic (exact) mass is 602 g/mol. The normalized spacial score (nSPS) is 23.1. The fourth-order valence-corrected chi connectivity index (χ4v) is 7.65. The first-order valence-corrected chi connectivity index (χ1v) is 16.0. The van der Waals surface area contributed by atoms with Crippen molar-refractivity contribution in [3.8, 4) is 11.8 Å². The topological polar surface area (TPSA) is 80.6 Å². The molecule has 1 amide bonds. The van der Waals surface area contributed by atoms with Crippen LogP contribution in [0.4, 0.5) is 9.18 Å². The Labute approximate surface area is 257 Å². The highest BCUT2D eigenvalue weighted by Gasteiger charge is 2.53. The number of carbonyl (C=O) groups is 1. The molecule has 226 valence electrons. The number of benzene rings is 3. The summed E-state index contributed by atoms with van der Waals surface area (Å²) in [6.45, 7) is 0.935. The minimum Gasteiger partial charge on any atom is -0.491 e. The lowest BCUT2D eigenvalue weighted by Gasteiger charge is -2.45. The summed E-state index contributed by atoms with van der Waals surface area (Å²) in [4.78, 5) is 14.5. The van der Waals surface area contributed by atoms with E-state index in [4.69, 9.17) is 14.2 Å². The van der Waals surface area contributed by atoms with Crippen LogP contribution in [0.25, 0.3) is 0 Å². The predicted octanol–water partition coefficient (Wildman–Crippen LogP) is 7.92. The summed E-state index contributed by atoms with van der Waals surface area (Å²) in [5.74, 6) is 0.246. The maximum atomic E-state index is 14.5. The SMILES string of the molecule is CNC(=O)OC1CCCC1C(C#N)(c1cccc(F)c1)C1CCC(OCCOc2ccc(Sc3ccccc3)cc2)CC1. The standard InChI is InChI=1S/C35H39FN2O4S/c1-38-34(39)42-33-12-6-11-32(33)35(24-37,26-7-5-8-27(36)23-26)25-13-15-28(16-14-25)40-21-22-41-29-17-19-31(20-18-29)43-30-9-3-2-4-10-30/h2-5,7-10,17-20,23,25,28,32-33H,6,11-16,21-22H2,1H3,(H,38,39). The molecule has 0 radical (unpaired) electrons. The molecule has 0 saturated heterocycles. The highest BCUT2D eigenvalue weighted by molar-refractivity contribution is 7.99. The summed E-state index contributed by atoms with van der Waals surface area (Å²) in [7, 11) is 1.53. The number of halogens is 1. The first-order valence-electron chi connectivity index (χ1n) is 15.1. The second-order valence-corrected chi connectivity index (χ2v) is 12.4. The Morgan fingerprint density at radius 2 is 1.70 bits per heavy atom. The van der Waals surface area contributed by atoms with Crippen LogP contribution in [0.1, 0.15) is 50.5 Å². The largest absolute Gasteiger partial charge is 0.491 e. The third kappa shape index (κ3) is 7.52. The Morgan fingerprint density at radius 3 is 2.40 bits per heavy atom. The molecule has 0 bridgehead atoms. The molecule has 0 aliphatic heterocycles. The van der Waals surface area contributed by atoms with Crippen LogP contribution in [0, 0.1) is 29.0 Å². The van der Waals surface area contributed by atoms with Gasteiger partial charge in [0.15, 0.2) is 0 Å². The van der Waals surface area contributed by atoms with Crippen LogP contribution in [-0.2, 0) is 14.9 Å². The zero-order valence-corrected chi connectivity index (χ0v) is 25.4. The van der Waals surface area contributed by atoms with E-state index < -0.39 is 11.5 Å². The molecule has 8 heteroatoms. The van der Waals surface area contributed by atoms with Gasteiger partial charge < -0.3 is 19.5 Å². The molecule has 3 aromatic rings. The minimum atomic E-state index is -0.948. The summed E-state index contributed by atoms with van der Waals surface area (Å²) >= 11 is 1.71. The average Bonchev–Trinajstić information content (AvgIpc) is 3.50. The summed E-state index contributed by atoms with van der Waals surface area (Å²) < 4.78 is 32.3. The van der Waals surface area contributed by atoms with Crippen molar-refractivity contribution in [1.29, 1.82) is 5.26 Å². The van der Waals surface area contributed by atoms with Gasteiger partial charge in [0.2, 0.25) is 0 Å². The quantitative estimate of drug-likeness (QED) is 0.225. The van der Waals surface area contributed by atoms with Crippen molar-refractivity contribution in [1.82, 2.24) is 5.32 Å². The van der Waals surface area contributed by atoms with Gasteiger partial charge >= 0.3 is 6.09 Å². The summed E-state index contributed by atoms with van der Waals surface area (Å²) in [6, 6.07) is 27.4. The summed E-state index contributed by atoms with van der Waals surface area (Å²) in [6.07, 6.45) is 4.68. The van der Waals surface area contributed by atoms with Gasteiger partial charge in [0.05, 0.1) is 24.2 Å². The van der Waals surface area contributed by atoms with Gasteiger partial charge in [-0.3, -0.25) is 0 Å². The maximum Gasteiger partial charge on any atom is 0.407 e.